The van der Waals surface area contributed by atoms with Gasteiger partial charge in [0.15, 0.2) is 0 Å². The summed E-state index contributed by atoms with van der Waals surface area (Å²) in [5, 5.41) is 13.9. The molecule has 0 saturated carbocycles. The fourth-order valence-corrected chi connectivity index (χ4v) is 1.42. The van der Waals surface area contributed by atoms with Crippen molar-refractivity contribution >= 4 is 0 Å². The van der Waals surface area contributed by atoms with E-state index in [0.29, 0.717) is 13.0 Å². The van der Waals surface area contributed by atoms with Crippen molar-refractivity contribution in [3.05, 3.63) is 12.2 Å². The SMILES string of the molecule is CCCn1ncnc1CC(O)COC(C)C. The third-order valence-corrected chi connectivity index (χ3v) is 2.17. The molecule has 0 saturated heterocycles. The molecule has 1 atom stereocenters. The third-order valence-electron chi connectivity index (χ3n) is 2.17. The van der Waals surface area contributed by atoms with Crippen molar-refractivity contribution in [1.29, 1.82) is 0 Å². The molecule has 0 aliphatic heterocycles. The topological polar surface area (TPSA) is 60.2 Å². The predicted molar refractivity (Wildman–Crippen MR) is 61.1 cm³/mol. The number of aromatic nitrogens is 3. The lowest BCUT2D eigenvalue weighted by Gasteiger charge is -2.13. The van der Waals surface area contributed by atoms with Crippen LogP contribution in [0.4, 0.5) is 0 Å². The minimum absolute atomic E-state index is 0.142. The molecule has 1 aromatic rings. The van der Waals surface area contributed by atoms with E-state index in [1.165, 1.54) is 6.33 Å². The Hall–Kier alpha value is -0.940. The van der Waals surface area contributed by atoms with E-state index in [4.69, 9.17) is 4.74 Å². The largest absolute Gasteiger partial charge is 0.390 e. The summed E-state index contributed by atoms with van der Waals surface area (Å²) in [5.41, 5.74) is 0. The van der Waals surface area contributed by atoms with Crippen molar-refractivity contribution in [2.75, 3.05) is 6.61 Å². The molecule has 0 amide bonds. The van der Waals surface area contributed by atoms with Crippen LogP contribution in [0.25, 0.3) is 0 Å². The van der Waals surface area contributed by atoms with Gasteiger partial charge in [0.2, 0.25) is 0 Å². The molecular formula is C11H21N3O2. The second-order valence-corrected chi connectivity index (χ2v) is 4.14. The van der Waals surface area contributed by atoms with Crippen molar-refractivity contribution in [1.82, 2.24) is 14.8 Å². The highest BCUT2D eigenvalue weighted by Crippen LogP contribution is 2.02. The summed E-state index contributed by atoms with van der Waals surface area (Å²) in [5.74, 6) is 0.821. The highest BCUT2D eigenvalue weighted by Gasteiger charge is 2.11. The van der Waals surface area contributed by atoms with Gasteiger partial charge in [0.1, 0.15) is 12.2 Å². The van der Waals surface area contributed by atoms with Gasteiger partial charge in [0.25, 0.3) is 0 Å². The Morgan fingerprint density at radius 3 is 2.88 bits per heavy atom. The lowest BCUT2D eigenvalue weighted by atomic mass is 10.2. The highest BCUT2D eigenvalue weighted by molar-refractivity contribution is 4.87. The van der Waals surface area contributed by atoms with Crippen LogP contribution in [0.1, 0.15) is 33.0 Å². The molecule has 1 aromatic heterocycles. The number of aryl methyl sites for hydroxylation is 1. The third kappa shape index (κ3) is 4.28. The molecule has 1 unspecified atom stereocenters. The number of hydrogen-bond donors (Lipinski definition) is 1. The van der Waals surface area contributed by atoms with E-state index in [-0.39, 0.29) is 6.10 Å². The van der Waals surface area contributed by atoms with Crippen LogP contribution in [0.15, 0.2) is 6.33 Å². The van der Waals surface area contributed by atoms with Crippen LogP contribution in [0, 0.1) is 0 Å². The van der Waals surface area contributed by atoms with Gasteiger partial charge in [-0.1, -0.05) is 6.92 Å². The first-order valence-electron chi connectivity index (χ1n) is 5.79. The normalized spacial score (nSPS) is 13.3. The molecule has 0 fully saturated rings. The van der Waals surface area contributed by atoms with Gasteiger partial charge >= 0.3 is 0 Å². The minimum atomic E-state index is -0.512. The Morgan fingerprint density at radius 2 is 2.25 bits per heavy atom. The molecule has 92 valence electrons. The van der Waals surface area contributed by atoms with Crippen molar-refractivity contribution in [2.24, 2.45) is 0 Å². The van der Waals surface area contributed by atoms with Crippen LogP contribution in [-0.2, 0) is 17.7 Å². The monoisotopic (exact) mass is 227 g/mol. The second-order valence-electron chi connectivity index (χ2n) is 4.14. The van der Waals surface area contributed by atoms with Crippen LogP contribution in [0.5, 0.6) is 0 Å². The lowest BCUT2D eigenvalue weighted by Crippen LogP contribution is -2.22. The summed E-state index contributed by atoms with van der Waals surface area (Å²) in [6.45, 7) is 7.17. The summed E-state index contributed by atoms with van der Waals surface area (Å²) in [6.07, 6.45) is 2.66. The first kappa shape index (κ1) is 13.1. The molecule has 5 nitrogen and oxygen atoms in total. The maximum atomic E-state index is 9.76. The quantitative estimate of drug-likeness (QED) is 0.755. The Kier molecular flexibility index (Phi) is 5.42. The van der Waals surface area contributed by atoms with Gasteiger partial charge < -0.3 is 9.84 Å². The van der Waals surface area contributed by atoms with Gasteiger partial charge in [0, 0.05) is 13.0 Å². The zero-order valence-corrected chi connectivity index (χ0v) is 10.3. The number of aliphatic hydroxyl groups excluding tert-OH is 1. The summed E-state index contributed by atoms with van der Waals surface area (Å²) in [4.78, 5) is 4.14. The summed E-state index contributed by atoms with van der Waals surface area (Å²) in [7, 11) is 0. The molecule has 0 aliphatic carbocycles. The van der Waals surface area contributed by atoms with Crippen LogP contribution in [-0.4, -0.2) is 38.7 Å². The van der Waals surface area contributed by atoms with Crippen molar-refractivity contribution < 1.29 is 9.84 Å². The minimum Gasteiger partial charge on any atom is -0.390 e. The van der Waals surface area contributed by atoms with Crippen LogP contribution in [0.2, 0.25) is 0 Å². The van der Waals surface area contributed by atoms with Gasteiger partial charge in [0.05, 0.1) is 18.8 Å². The molecule has 1 N–H and O–H groups in total. The molecule has 0 radical (unpaired) electrons. The fourth-order valence-electron chi connectivity index (χ4n) is 1.42. The van der Waals surface area contributed by atoms with E-state index in [9.17, 15) is 5.11 Å². The molecule has 1 heterocycles. The average molecular weight is 227 g/mol. The van der Waals surface area contributed by atoms with E-state index in [0.717, 1.165) is 18.8 Å². The standard InChI is InChI=1S/C11H21N3O2/c1-4-5-14-11(12-8-13-14)6-10(15)7-16-9(2)3/h8-10,15H,4-7H2,1-3H3. The Balaban J connectivity index is 2.42. The van der Waals surface area contributed by atoms with Crippen molar-refractivity contribution in [3.8, 4) is 0 Å². The van der Waals surface area contributed by atoms with Gasteiger partial charge in [-0.3, -0.25) is 4.68 Å². The molecule has 0 bridgehead atoms. The molecule has 1 rings (SSSR count). The highest BCUT2D eigenvalue weighted by atomic mass is 16.5. The molecule has 0 spiro atoms. The zero-order chi connectivity index (χ0) is 12.0. The molecular weight excluding hydrogens is 206 g/mol. The first-order valence-corrected chi connectivity index (χ1v) is 5.79. The molecule has 0 aliphatic rings. The van der Waals surface area contributed by atoms with Crippen LogP contribution < -0.4 is 0 Å². The van der Waals surface area contributed by atoms with Crippen LogP contribution in [0.3, 0.4) is 0 Å². The number of ether oxygens (including phenoxy) is 1. The van der Waals surface area contributed by atoms with Gasteiger partial charge in [-0.25, -0.2) is 4.98 Å². The van der Waals surface area contributed by atoms with Gasteiger partial charge in [-0.2, -0.15) is 5.10 Å². The Bertz CT molecular complexity index is 299. The van der Waals surface area contributed by atoms with Gasteiger partial charge in [-0.15, -0.1) is 0 Å². The van der Waals surface area contributed by atoms with Gasteiger partial charge in [-0.05, 0) is 20.3 Å². The lowest BCUT2D eigenvalue weighted by molar-refractivity contribution is 0.00510. The Labute approximate surface area is 96.5 Å². The maximum Gasteiger partial charge on any atom is 0.138 e. The van der Waals surface area contributed by atoms with E-state index >= 15 is 0 Å². The zero-order valence-electron chi connectivity index (χ0n) is 10.3. The number of rotatable bonds is 7. The smallest absolute Gasteiger partial charge is 0.138 e. The van der Waals surface area contributed by atoms with E-state index in [2.05, 4.69) is 17.0 Å². The number of hydrogen-bond acceptors (Lipinski definition) is 4. The summed E-state index contributed by atoms with van der Waals surface area (Å²) < 4.78 is 7.18. The predicted octanol–water partition coefficient (Wildman–Crippen LogP) is 1.02. The fraction of sp³-hybridized carbons (Fsp3) is 0.818. The summed E-state index contributed by atoms with van der Waals surface area (Å²) in [6, 6.07) is 0. The van der Waals surface area contributed by atoms with Crippen molar-refractivity contribution in [3.63, 3.8) is 0 Å². The number of aliphatic hydroxyl groups is 1. The maximum absolute atomic E-state index is 9.76. The van der Waals surface area contributed by atoms with Crippen molar-refractivity contribution in [2.45, 2.75) is 52.4 Å². The molecule has 16 heavy (non-hydrogen) atoms. The molecule has 0 aromatic carbocycles. The van der Waals surface area contributed by atoms with Crippen LogP contribution >= 0.6 is 0 Å². The van der Waals surface area contributed by atoms with E-state index in [1.54, 1.807) is 0 Å². The van der Waals surface area contributed by atoms with E-state index < -0.39 is 6.10 Å². The average Bonchev–Trinajstić information content (AvgIpc) is 2.63. The Morgan fingerprint density at radius 1 is 1.50 bits per heavy atom. The second kappa shape index (κ2) is 6.60. The molecule has 5 heteroatoms. The first-order chi connectivity index (χ1) is 7.63. The summed E-state index contributed by atoms with van der Waals surface area (Å²) >= 11 is 0. The number of nitrogens with zero attached hydrogens (tertiary/aromatic N) is 3. The van der Waals surface area contributed by atoms with E-state index in [1.807, 2.05) is 18.5 Å².